The average molecular weight is 250 g/mol. The minimum atomic E-state index is 0.772. The first kappa shape index (κ1) is 11.7. The van der Waals surface area contributed by atoms with Crippen LogP contribution >= 0.6 is 11.3 Å². The first-order valence-electron chi connectivity index (χ1n) is 6.97. The second-order valence-electron chi connectivity index (χ2n) is 5.57. The SMILES string of the molecule is CCc1nc(CN(C2CC2)C(C)C2CC2)cs1. The fourth-order valence-corrected chi connectivity index (χ4v) is 3.37. The van der Waals surface area contributed by atoms with E-state index < -0.39 is 0 Å². The first-order chi connectivity index (χ1) is 8.28. The molecule has 94 valence electrons. The number of aromatic nitrogens is 1. The maximum atomic E-state index is 4.72. The minimum absolute atomic E-state index is 0.772. The Hall–Kier alpha value is -0.410. The van der Waals surface area contributed by atoms with E-state index >= 15 is 0 Å². The topological polar surface area (TPSA) is 16.1 Å². The zero-order chi connectivity index (χ0) is 11.8. The molecule has 0 aromatic carbocycles. The Bertz CT molecular complexity index is 379. The van der Waals surface area contributed by atoms with Gasteiger partial charge in [-0.05, 0) is 44.9 Å². The van der Waals surface area contributed by atoms with Crippen LogP contribution in [0.1, 0.15) is 50.2 Å². The average Bonchev–Trinajstić information content (AvgIpc) is 3.22. The minimum Gasteiger partial charge on any atom is -0.292 e. The summed E-state index contributed by atoms with van der Waals surface area (Å²) in [4.78, 5) is 7.43. The monoisotopic (exact) mass is 250 g/mol. The van der Waals surface area contributed by atoms with E-state index in [0.717, 1.165) is 31.0 Å². The number of rotatable bonds is 6. The number of hydrogen-bond acceptors (Lipinski definition) is 3. The first-order valence-corrected chi connectivity index (χ1v) is 7.85. The van der Waals surface area contributed by atoms with Gasteiger partial charge in [0, 0.05) is 24.0 Å². The molecule has 0 aliphatic heterocycles. The van der Waals surface area contributed by atoms with E-state index in [0.29, 0.717) is 0 Å². The molecule has 2 fully saturated rings. The summed E-state index contributed by atoms with van der Waals surface area (Å²) in [5.74, 6) is 0.972. The van der Waals surface area contributed by atoms with Crippen molar-refractivity contribution in [2.24, 2.45) is 5.92 Å². The molecule has 2 aliphatic carbocycles. The number of nitrogens with zero attached hydrogens (tertiary/aromatic N) is 2. The highest BCUT2D eigenvalue weighted by molar-refractivity contribution is 7.09. The molecule has 3 rings (SSSR count). The lowest BCUT2D eigenvalue weighted by molar-refractivity contribution is 0.169. The van der Waals surface area contributed by atoms with E-state index in [-0.39, 0.29) is 0 Å². The molecule has 0 N–H and O–H groups in total. The largest absolute Gasteiger partial charge is 0.292 e. The van der Waals surface area contributed by atoms with Crippen LogP contribution in [-0.4, -0.2) is 22.0 Å². The van der Waals surface area contributed by atoms with Crippen molar-refractivity contribution in [1.29, 1.82) is 0 Å². The zero-order valence-corrected chi connectivity index (χ0v) is 11.7. The Labute approximate surface area is 108 Å². The van der Waals surface area contributed by atoms with Gasteiger partial charge in [-0.3, -0.25) is 4.90 Å². The van der Waals surface area contributed by atoms with Crippen molar-refractivity contribution in [2.75, 3.05) is 0 Å². The second kappa shape index (κ2) is 4.69. The third kappa shape index (κ3) is 2.71. The molecule has 0 radical (unpaired) electrons. The smallest absolute Gasteiger partial charge is 0.0926 e. The van der Waals surface area contributed by atoms with Crippen molar-refractivity contribution < 1.29 is 0 Å². The third-order valence-corrected chi connectivity index (χ3v) is 5.13. The molecule has 1 aromatic heterocycles. The van der Waals surface area contributed by atoms with Crippen molar-refractivity contribution in [3.05, 3.63) is 16.1 Å². The van der Waals surface area contributed by atoms with Crippen molar-refractivity contribution in [3.8, 4) is 0 Å². The zero-order valence-electron chi connectivity index (χ0n) is 10.9. The quantitative estimate of drug-likeness (QED) is 0.768. The summed E-state index contributed by atoms with van der Waals surface area (Å²) in [6, 6.07) is 1.63. The van der Waals surface area contributed by atoms with Crippen LogP contribution in [0.4, 0.5) is 0 Å². The van der Waals surface area contributed by atoms with Crippen LogP contribution in [0.3, 0.4) is 0 Å². The highest BCUT2D eigenvalue weighted by atomic mass is 32.1. The molecule has 2 saturated carbocycles. The summed E-state index contributed by atoms with van der Waals surface area (Å²) in [6.07, 6.45) is 6.78. The van der Waals surface area contributed by atoms with Gasteiger partial charge in [-0.15, -0.1) is 11.3 Å². The van der Waals surface area contributed by atoms with Crippen LogP contribution in [0.2, 0.25) is 0 Å². The molecule has 2 aliphatic rings. The molecule has 1 heterocycles. The maximum Gasteiger partial charge on any atom is 0.0926 e. The van der Waals surface area contributed by atoms with Gasteiger partial charge in [0.2, 0.25) is 0 Å². The van der Waals surface area contributed by atoms with E-state index in [9.17, 15) is 0 Å². The molecule has 0 saturated heterocycles. The fraction of sp³-hybridized carbons (Fsp3) is 0.786. The Morgan fingerprint density at radius 2 is 2.18 bits per heavy atom. The number of hydrogen-bond donors (Lipinski definition) is 0. The molecule has 1 unspecified atom stereocenters. The van der Waals surface area contributed by atoms with E-state index in [2.05, 4.69) is 24.1 Å². The molecule has 0 amide bonds. The van der Waals surface area contributed by atoms with Gasteiger partial charge in [0.25, 0.3) is 0 Å². The maximum absolute atomic E-state index is 4.72. The summed E-state index contributed by atoms with van der Waals surface area (Å²) >= 11 is 1.82. The standard InChI is InChI=1S/C14H22N2S/c1-3-14-15-12(9-17-14)8-16(13-6-7-13)10(2)11-4-5-11/h9-11,13H,3-8H2,1-2H3. The fourth-order valence-electron chi connectivity index (χ4n) is 2.63. The Kier molecular flexibility index (Phi) is 3.22. The van der Waals surface area contributed by atoms with E-state index in [4.69, 9.17) is 4.98 Å². The molecule has 1 atom stereocenters. The lowest BCUT2D eigenvalue weighted by atomic mass is 10.1. The van der Waals surface area contributed by atoms with Crippen LogP contribution in [-0.2, 0) is 13.0 Å². The summed E-state index contributed by atoms with van der Waals surface area (Å²) in [5.41, 5.74) is 1.30. The Balaban J connectivity index is 1.66. The van der Waals surface area contributed by atoms with E-state index in [1.54, 1.807) is 0 Å². The van der Waals surface area contributed by atoms with Gasteiger partial charge in [-0.1, -0.05) is 6.92 Å². The summed E-state index contributed by atoms with van der Waals surface area (Å²) in [6.45, 7) is 5.69. The number of aryl methyl sites for hydroxylation is 1. The predicted molar refractivity (Wildman–Crippen MR) is 72.2 cm³/mol. The van der Waals surface area contributed by atoms with Crippen LogP contribution in [0.15, 0.2) is 5.38 Å². The number of thiazole rings is 1. The van der Waals surface area contributed by atoms with Crippen molar-refractivity contribution >= 4 is 11.3 Å². The molecule has 2 nitrogen and oxygen atoms in total. The Morgan fingerprint density at radius 1 is 1.41 bits per heavy atom. The highest BCUT2D eigenvalue weighted by Crippen LogP contribution is 2.40. The van der Waals surface area contributed by atoms with Crippen molar-refractivity contribution in [3.63, 3.8) is 0 Å². The lowest BCUT2D eigenvalue weighted by Crippen LogP contribution is -2.36. The second-order valence-corrected chi connectivity index (χ2v) is 6.51. The summed E-state index contributed by atoms with van der Waals surface area (Å²) < 4.78 is 0. The summed E-state index contributed by atoms with van der Waals surface area (Å²) in [7, 11) is 0. The third-order valence-electron chi connectivity index (χ3n) is 4.09. The van der Waals surface area contributed by atoms with Gasteiger partial charge in [-0.2, -0.15) is 0 Å². The van der Waals surface area contributed by atoms with Gasteiger partial charge < -0.3 is 0 Å². The van der Waals surface area contributed by atoms with Gasteiger partial charge in [0.05, 0.1) is 10.7 Å². The Morgan fingerprint density at radius 3 is 2.71 bits per heavy atom. The molecular weight excluding hydrogens is 228 g/mol. The molecule has 3 heteroatoms. The van der Waals surface area contributed by atoms with E-state index in [1.807, 2.05) is 11.3 Å². The van der Waals surface area contributed by atoms with Crippen molar-refractivity contribution in [2.45, 2.75) is 64.6 Å². The molecule has 1 aromatic rings. The van der Waals surface area contributed by atoms with Gasteiger partial charge in [0.15, 0.2) is 0 Å². The van der Waals surface area contributed by atoms with Crippen molar-refractivity contribution in [1.82, 2.24) is 9.88 Å². The summed E-state index contributed by atoms with van der Waals surface area (Å²) in [5, 5.41) is 3.54. The van der Waals surface area contributed by atoms with Gasteiger partial charge in [0.1, 0.15) is 0 Å². The van der Waals surface area contributed by atoms with Gasteiger partial charge >= 0.3 is 0 Å². The van der Waals surface area contributed by atoms with E-state index in [1.165, 1.54) is 36.4 Å². The molecule has 17 heavy (non-hydrogen) atoms. The highest BCUT2D eigenvalue weighted by Gasteiger charge is 2.39. The van der Waals surface area contributed by atoms with Crippen LogP contribution in [0.25, 0.3) is 0 Å². The molecule has 0 bridgehead atoms. The van der Waals surface area contributed by atoms with Crippen LogP contribution < -0.4 is 0 Å². The lowest BCUT2D eigenvalue weighted by Gasteiger charge is -2.28. The molecule has 0 spiro atoms. The molecular formula is C14H22N2S. The van der Waals surface area contributed by atoms with Crippen LogP contribution in [0.5, 0.6) is 0 Å². The predicted octanol–water partition coefficient (Wildman–Crippen LogP) is 3.47. The van der Waals surface area contributed by atoms with Crippen LogP contribution in [0, 0.1) is 5.92 Å². The van der Waals surface area contributed by atoms with Gasteiger partial charge in [-0.25, -0.2) is 4.98 Å². The normalized spacial score (nSPS) is 22.1.